The van der Waals surface area contributed by atoms with Crippen LogP contribution >= 0.6 is 0 Å². The Morgan fingerprint density at radius 3 is 2.33 bits per heavy atom. The Labute approximate surface area is 155 Å². The summed E-state index contributed by atoms with van der Waals surface area (Å²) >= 11 is 0. The van der Waals surface area contributed by atoms with Crippen LogP contribution in [0, 0.1) is 0 Å². The third-order valence-corrected chi connectivity index (χ3v) is 4.70. The third-order valence-electron chi connectivity index (χ3n) is 4.70. The number of hydrogen-bond acceptors (Lipinski definition) is 5. The molecule has 5 nitrogen and oxygen atoms in total. The number of ketones is 2. The largest absolute Gasteiger partial charge is 0.490 e. The number of carbonyl (C=O) groups is 3. The SMILES string of the molecule is C=CCOc1ccc([C@@H]2CC(=O)OC3=C2C(=O)c2ccccc2C3=O)cc1. The summed E-state index contributed by atoms with van der Waals surface area (Å²) in [5.41, 5.74) is 1.61. The van der Waals surface area contributed by atoms with Crippen molar-refractivity contribution in [1.82, 2.24) is 0 Å². The normalized spacial score (nSPS) is 18.5. The van der Waals surface area contributed by atoms with Crippen LogP contribution in [0.3, 0.4) is 0 Å². The van der Waals surface area contributed by atoms with Crippen LogP contribution < -0.4 is 4.74 Å². The average Bonchev–Trinajstić information content (AvgIpc) is 2.70. The number of hydrogen-bond donors (Lipinski definition) is 0. The molecular weight excluding hydrogens is 344 g/mol. The molecule has 1 heterocycles. The average molecular weight is 360 g/mol. The highest BCUT2D eigenvalue weighted by Crippen LogP contribution is 2.41. The molecule has 2 aromatic carbocycles. The fraction of sp³-hybridized carbons (Fsp3) is 0.136. The first-order chi connectivity index (χ1) is 13.1. The lowest BCUT2D eigenvalue weighted by atomic mass is 9.77. The molecule has 2 aliphatic rings. The van der Waals surface area contributed by atoms with E-state index in [4.69, 9.17) is 9.47 Å². The molecule has 0 N–H and O–H groups in total. The van der Waals surface area contributed by atoms with Gasteiger partial charge in [-0.25, -0.2) is 0 Å². The molecular formula is C22H16O5. The van der Waals surface area contributed by atoms with Crippen molar-refractivity contribution in [1.29, 1.82) is 0 Å². The van der Waals surface area contributed by atoms with Crippen molar-refractivity contribution in [3.8, 4) is 5.75 Å². The zero-order valence-electron chi connectivity index (χ0n) is 14.4. The fourth-order valence-electron chi connectivity index (χ4n) is 3.45. The van der Waals surface area contributed by atoms with Crippen LogP contribution in [0.2, 0.25) is 0 Å². The minimum atomic E-state index is -0.528. The van der Waals surface area contributed by atoms with E-state index in [0.29, 0.717) is 17.9 Å². The second-order valence-electron chi connectivity index (χ2n) is 6.35. The summed E-state index contributed by atoms with van der Waals surface area (Å²) in [6, 6.07) is 13.7. The topological polar surface area (TPSA) is 69.7 Å². The Hall–Kier alpha value is -3.47. The van der Waals surface area contributed by atoms with Gasteiger partial charge in [-0.1, -0.05) is 49.1 Å². The molecule has 0 aromatic heterocycles. The van der Waals surface area contributed by atoms with Crippen LogP contribution in [0.25, 0.3) is 0 Å². The predicted molar refractivity (Wildman–Crippen MR) is 97.7 cm³/mol. The van der Waals surface area contributed by atoms with E-state index < -0.39 is 17.7 Å². The van der Waals surface area contributed by atoms with Crippen molar-refractivity contribution in [2.75, 3.05) is 6.61 Å². The highest BCUT2D eigenvalue weighted by atomic mass is 16.5. The summed E-state index contributed by atoms with van der Waals surface area (Å²) in [6.45, 7) is 3.99. The number of carbonyl (C=O) groups excluding carboxylic acids is 3. The maximum atomic E-state index is 13.1. The number of esters is 1. The Morgan fingerprint density at radius 2 is 1.67 bits per heavy atom. The van der Waals surface area contributed by atoms with E-state index in [1.54, 1.807) is 54.6 Å². The van der Waals surface area contributed by atoms with Crippen LogP contribution in [0.1, 0.15) is 38.6 Å². The zero-order chi connectivity index (χ0) is 19.0. The number of fused-ring (bicyclic) bond motifs is 1. The van der Waals surface area contributed by atoms with Gasteiger partial charge in [0, 0.05) is 17.0 Å². The number of rotatable bonds is 4. The molecule has 0 amide bonds. The van der Waals surface area contributed by atoms with Gasteiger partial charge in [-0.2, -0.15) is 0 Å². The molecule has 4 rings (SSSR count). The standard InChI is InChI=1S/C22H16O5/c1-2-11-26-14-9-7-13(8-10-14)17-12-18(23)27-22-19(17)20(24)15-5-3-4-6-16(15)21(22)25/h2-10,17H,1,11-12H2/t17-/m0/s1. The molecule has 0 unspecified atom stereocenters. The molecule has 0 spiro atoms. The van der Waals surface area contributed by atoms with Crippen LogP contribution in [0.4, 0.5) is 0 Å². The second kappa shape index (κ2) is 6.68. The number of ether oxygens (including phenoxy) is 2. The van der Waals surface area contributed by atoms with Gasteiger partial charge in [0.25, 0.3) is 0 Å². The molecule has 134 valence electrons. The monoisotopic (exact) mass is 360 g/mol. The molecule has 2 aromatic rings. The summed E-state index contributed by atoms with van der Waals surface area (Å²) in [4.78, 5) is 38.0. The lowest BCUT2D eigenvalue weighted by Crippen LogP contribution is -2.32. The number of Topliss-reactive ketones (excluding diaryl/α,β-unsaturated/α-hetero) is 2. The van der Waals surface area contributed by atoms with E-state index in [-0.39, 0.29) is 29.1 Å². The summed E-state index contributed by atoms with van der Waals surface area (Å²) in [5.74, 6) is -1.24. The van der Waals surface area contributed by atoms with Crippen molar-refractivity contribution in [2.24, 2.45) is 0 Å². The van der Waals surface area contributed by atoms with Crippen LogP contribution in [0.5, 0.6) is 5.75 Å². The molecule has 1 aliphatic heterocycles. The number of benzene rings is 2. The quantitative estimate of drug-likeness (QED) is 0.615. The molecule has 0 saturated carbocycles. The highest BCUT2D eigenvalue weighted by Gasteiger charge is 2.42. The number of allylic oxidation sites excluding steroid dienone is 2. The van der Waals surface area contributed by atoms with E-state index in [0.717, 1.165) is 5.56 Å². The first kappa shape index (κ1) is 17.0. The summed E-state index contributed by atoms with van der Waals surface area (Å²) in [7, 11) is 0. The van der Waals surface area contributed by atoms with Gasteiger partial charge in [0.1, 0.15) is 12.4 Å². The minimum absolute atomic E-state index is 0.00683. The van der Waals surface area contributed by atoms with E-state index >= 15 is 0 Å². The summed E-state index contributed by atoms with van der Waals surface area (Å²) < 4.78 is 10.7. The van der Waals surface area contributed by atoms with Gasteiger partial charge in [-0.3, -0.25) is 14.4 Å². The van der Waals surface area contributed by atoms with Crippen LogP contribution in [-0.4, -0.2) is 24.1 Å². The van der Waals surface area contributed by atoms with E-state index in [9.17, 15) is 14.4 Å². The van der Waals surface area contributed by atoms with Gasteiger partial charge in [-0.05, 0) is 17.7 Å². The van der Waals surface area contributed by atoms with Gasteiger partial charge in [0.15, 0.2) is 11.5 Å². The Morgan fingerprint density at radius 1 is 1.00 bits per heavy atom. The lowest BCUT2D eigenvalue weighted by molar-refractivity contribution is -0.140. The molecule has 0 radical (unpaired) electrons. The maximum absolute atomic E-state index is 13.1. The molecule has 1 aliphatic carbocycles. The Balaban J connectivity index is 1.77. The molecule has 1 atom stereocenters. The molecule has 0 fully saturated rings. The zero-order valence-corrected chi connectivity index (χ0v) is 14.4. The maximum Gasteiger partial charge on any atom is 0.312 e. The van der Waals surface area contributed by atoms with Crippen LogP contribution in [-0.2, 0) is 9.53 Å². The summed E-state index contributed by atoms with van der Waals surface area (Å²) in [5, 5.41) is 0. The molecule has 0 saturated heterocycles. The van der Waals surface area contributed by atoms with Crippen molar-refractivity contribution < 1.29 is 23.9 Å². The third kappa shape index (κ3) is 2.87. The predicted octanol–water partition coefficient (Wildman–Crippen LogP) is 3.62. The van der Waals surface area contributed by atoms with Gasteiger partial charge >= 0.3 is 5.97 Å². The summed E-state index contributed by atoms with van der Waals surface area (Å²) in [6.07, 6.45) is 1.65. The van der Waals surface area contributed by atoms with Gasteiger partial charge in [0.05, 0.1) is 12.0 Å². The van der Waals surface area contributed by atoms with E-state index in [2.05, 4.69) is 6.58 Å². The molecule has 0 bridgehead atoms. The lowest BCUT2D eigenvalue weighted by Gasteiger charge is -2.30. The molecule has 5 heteroatoms. The first-order valence-corrected chi connectivity index (χ1v) is 8.57. The van der Waals surface area contributed by atoms with E-state index in [1.807, 2.05) is 0 Å². The van der Waals surface area contributed by atoms with Crippen molar-refractivity contribution in [3.05, 3.63) is 89.2 Å². The van der Waals surface area contributed by atoms with Crippen molar-refractivity contribution >= 4 is 17.5 Å². The highest BCUT2D eigenvalue weighted by molar-refractivity contribution is 6.27. The van der Waals surface area contributed by atoms with E-state index in [1.165, 1.54) is 0 Å². The smallest absolute Gasteiger partial charge is 0.312 e. The first-order valence-electron chi connectivity index (χ1n) is 8.57. The second-order valence-corrected chi connectivity index (χ2v) is 6.35. The van der Waals surface area contributed by atoms with Gasteiger partial charge in [-0.15, -0.1) is 0 Å². The minimum Gasteiger partial charge on any atom is -0.490 e. The fourth-order valence-corrected chi connectivity index (χ4v) is 3.45. The van der Waals surface area contributed by atoms with Crippen molar-refractivity contribution in [2.45, 2.75) is 12.3 Å². The van der Waals surface area contributed by atoms with Gasteiger partial charge in [0.2, 0.25) is 5.78 Å². The molecule has 27 heavy (non-hydrogen) atoms. The Kier molecular flexibility index (Phi) is 4.20. The Bertz CT molecular complexity index is 998. The van der Waals surface area contributed by atoms with Crippen LogP contribution in [0.15, 0.2) is 72.5 Å². The van der Waals surface area contributed by atoms with Crippen molar-refractivity contribution in [3.63, 3.8) is 0 Å². The van der Waals surface area contributed by atoms with Gasteiger partial charge < -0.3 is 9.47 Å².